The summed E-state index contributed by atoms with van der Waals surface area (Å²) in [5.74, 6) is 1.55. The van der Waals surface area contributed by atoms with E-state index in [1.165, 1.54) is 11.3 Å². The zero-order chi connectivity index (χ0) is 12.8. The molecule has 2 N–H and O–H groups in total. The van der Waals surface area contributed by atoms with E-state index in [-0.39, 0.29) is 0 Å². The van der Waals surface area contributed by atoms with Crippen LogP contribution in [0.25, 0.3) is 0 Å². The molecule has 0 aliphatic carbocycles. The number of nitrogens with two attached hydrogens (primary N) is 1. The minimum atomic E-state index is 0.629. The molecule has 0 aromatic carbocycles. The molecule has 0 aliphatic heterocycles. The van der Waals surface area contributed by atoms with Crippen molar-refractivity contribution in [3.63, 3.8) is 0 Å². The molecule has 0 aliphatic rings. The summed E-state index contributed by atoms with van der Waals surface area (Å²) < 4.78 is 5.20. The van der Waals surface area contributed by atoms with Gasteiger partial charge in [0.15, 0.2) is 11.0 Å². The molecule has 0 radical (unpaired) electrons. The topological polar surface area (TPSA) is 77.8 Å². The number of thiazole rings is 1. The maximum atomic E-state index is 5.58. The van der Waals surface area contributed by atoms with Gasteiger partial charge in [-0.25, -0.2) is 4.98 Å². The second-order valence-corrected chi connectivity index (χ2v) is 5.13. The van der Waals surface area contributed by atoms with Crippen LogP contribution in [0.15, 0.2) is 9.90 Å². The zero-order valence-electron chi connectivity index (χ0n) is 10.6. The molecule has 2 aromatic heterocycles. The predicted molar refractivity (Wildman–Crippen MR) is 71.5 cm³/mol. The van der Waals surface area contributed by atoms with Gasteiger partial charge in [-0.05, 0) is 19.3 Å². The fourth-order valence-corrected chi connectivity index (χ4v) is 2.28. The van der Waals surface area contributed by atoms with E-state index in [9.17, 15) is 0 Å². The summed E-state index contributed by atoms with van der Waals surface area (Å²) in [6.45, 7) is 2.15. The first-order valence-electron chi connectivity index (χ1n) is 6.29. The van der Waals surface area contributed by atoms with Gasteiger partial charge in [0, 0.05) is 18.2 Å². The molecule has 98 valence electrons. The number of unbranched alkanes of at least 4 members (excludes halogenated alkanes) is 1. The van der Waals surface area contributed by atoms with Gasteiger partial charge >= 0.3 is 0 Å². The molecule has 0 saturated carbocycles. The molecule has 2 rings (SSSR count). The second-order valence-electron chi connectivity index (χ2n) is 4.24. The third-order valence-electron chi connectivity index (χ3n) is 2.66. The zero-order valence-corrected chi connectivity index (χ0v) is 11.4. The van der Waals surface area contributed by atoms with Gasteiger partial charge in [0.25, 0.3) is 0 Å². The van der Waals surface area contributed by atoms with Gasteiger partial charge in [0.2, 0.25) is 5.89 Å². The van der Waals surface area contributed by atoms with Crippen molar-refractivity contribution >= 4 is 16.5 Å². The first kappa shape index (κ1) is 13.0. The number of anilines is 1. The van der Waals surface area contributed by atoms with Crippen molar-refractivity contribution < 1.29 is 4.52 Å². The van der Waals surface area contributed by atoms with Gasteiger partial charge in [-0.3, -0.25) is 0 Å². The molecule has 2 aromatic rings. The van der Waals surface area contributed by atoms with Gasteiger partial charge in [-0.15, -0.1) is 11.3 Å². The smallest absolute Gasteiger partial charge is 0.226 e. The van der Waals surface area contributed by atoms with Crippen molar-refractivity contribution in [3.05, 3.63) is 22.8 Å². The summed E-state index contributed by atoms with van der Waals surface area (Å²) >= 11 is 1.48. The highest BCUT2D eigenvalue weighted by molar-refractivity contribution is 7.13. The van der Waals surface area contributed by atoms with Crippen LogP contribution in [0.5, 0.6) is 0 Å². The van der Waals surface area contributed by atoms with Crippen molar-refractivity contribution in [1.29, 1.82) is 0 Å². The summed E-state index contributed by atoms with van der Waals surface area (Å²) in [7, 11) is 0. The third kappa shape index (κ3) is 3.80. The largest absolute Gasteiger partial charge is 0.375 e. The average Bonchev–Trinajstić information content (AvgIpc) is 2.96. The third-order valence-corrected chi connectivity index (χ3v) is 3.38. The highest BCUT2D eigenvalue weighted by Gasteiger charge is 2.06. The lowest BCUT2D eigenvalue weighted by Crippen LogP contribution is -1.92. The van der Waals surface area contributed by atoms with Crippen molar-refractivity contribution in [2.45, 2.75) is 45.4 Å². The molecule has 2 heterocycles. The first-order chi connectivity index (χ1) is 8.78. The van der Waals surface area contributed by atoms with Crippen molar-refractivity contribution in [1.82, 2.24) is 15.1 Å². The van der Waals surface area contributed by atoms with Crippen LogP contribution in [0, 0.1) is 0 Å². The normalized spacial score (nSPS) is 10.9. The minimum absolute atomic E-state index is 0.629. The van der Waals surface area contributed by atoms with Gasteiger partial charge in [0.05, 0.1) is 5.69 Å². The van der Waals surface area contributed by atoms with Crippen LogP contribution in [0.4, 0.5) is 5.13 Å². The van der Waals surface area contributed by atoms with Gasteiger partial charge < -0.3 is 10.3 Å². The van der Waals surface area contributed by atoms with Crippen LogP contribution >= 0.6 is 11.3 Å². The van der Waals surface area contributed by atoms with E-state index in [0.29, 0.717) is 5.13 Å². The fraction of sp³-hybridized carbons (Fsp3) is 0.583. The maximum absolute atomic E-state index is 5.58. The number of hydrogen-bond acceptors (Lipinski definition) is 6. The molecule has 5 nitrogen and oxygen atoms in total. The summed E-state index contributed by atoms with van der Waals surface area (Å²) in [5, 5.41) is 6.59. The lowest BCUT2D eigenvalue weighted by Gasteiger charge is -1.93. The summed E-state index contributed by atoms with van der Waals surface area (Å²) in [6.07, 6.45) is 5.82. The number of nitrogens with zero attached hydrogens (tertiary/aromatic N) is 3. The molecule has 0 bridgehead atoms. The number of aryl methyl sites for hydroxylation is 3. The van der Waals surface area contributed by atoms with E-state index in [0.717, 1.165) is 55.9 Å². The molecular weight excluding hydrogens is 248 g/mol. The number of nitrogen functional groups attached to an aromatic ring is 1. The average molecular weight is 266 g/mol. The lowest BCUT2D eigenvalue weighted by atomic mass is 10.2. The van der Waals surface area contributed by atoms with Crippen LogP contribution in [0.2, 0.25) is 0 Å². The number of rotatable bonds is 7. The minimum Gasteiger partial charge on any atom is -0.375 e. The summed E-state index contributed by atoms with van der Waals surface area (Å²) in [6, 6.07) is 0. The Balaban J connectivity index is 1.74. The first-order valence-corrected chi connectivity index (χ1v) is 7.17. The van der Waals surface area contributed by atoms with Gasteiger partial charge in [0.1, 0.15) is 0 Å². The SMILES string of the molecule is CCCCc1noc(CCCc2csc(N)n2)n1. The molecule has 0 unspecified atom stereocenters. The Bertz CT molecular complexity index is 480. The van der Waals surface area contributed by atoms with E-state index in [1.54, 1.807) is 0 Å². The molecule has 18 heavy (non-hydrogen) atoms. The van der Waals surface area contributed by atoms with Crippen molar-refractivity contribution in [2.75, 3.05) is 5.73 Å². The van der Waals surface area contributed by atoms with E-state index < -0.39 is 0 Å². The maximum Gasteiger partial charge on any atom is 0.226 e. The standard InChI is InChI=1S/C12H18N4OS/c1-2-3-6-10-15-11(17-16-10)7-4-5-9-8-18-12(13)14-9/h8H,2-7H2,1H3,(H2,13,14). The van der Waals surface area contributed by atoms with Crippen LogP contribution in [-0.4, -0.2) is 15.1 Å². The lowest BCUT2D eigenvalue weighted by molar-refractivity contribution is 0.370. The molecule has 0 amide bonds. The highest BCUT2D eigenvalue weighted by Crippen LogP contribution is 2.13. The molecular formula is C12H18N4OS. The second kappa shape index (κ2) is 6.49. The Morgan fingerprint density at radius 2 is 2.11 bits per heavy atom. The molecule has 0 spiro atoms. The Labute approximate surface area is 110 Å². The molecule has 0 fully saturated rings. The van der Waals surface area contributed by atoms with Crippen molar-refractivity contribution in [2.24, 2.45) is 0 Å². The molecule has 0 saturated heterocycles. The Morgan fingerprint density at radius 3 is 2.83 bits per heavy atom. The Morgan fingerprint density at radius 1 is 1.22 bits per heavy atom. The quantitative estimate of drug-likeness (QED) is 0.833. The fourth-order valence-electron chi connectivity index (χ4n) is 1.69. The predicted octanol–water partition coefficient (Wildman–Crippen LogP) is 2.63. The van der Waals surface area contributed by atoms with Gasteiger partial charge in [-0.1, -0.05) is 18.5 Å². The van der Waals surface area contributed by atoms with Crippen LogP contribution in [0.3, 0.4) is 0 Å². The summed E-state index contributed by atoms with van der Waals surface area (Å²) in [5.41, 5.74) is 6.62. The number of aromatic nitrogens is 3. The van der Waals surface area contributed by atoms with Crippen LogP contribution in [0.1, 0.15) is 43.6 Å². The van der Waals surface area contributed by atoms with E-state index >= 15 is 0 Å². The van der Waals surface area contributed by atoms with E-state index in [4.69, 9.17) is 10.3 Å². The monoisotopic (exact) mass is 266 g/mol. The summed E-state index contributed by atoms with van der Waals surface area (Å²) in [4.78, 5) is 8.58. The highest BCUT2D eigenvalue weighted by atomic mass is 32.1. The Hall–Kier alpha value is -1.43. The van der Waals surface area contributed by atoms with Crippen LogP contribution < -0.4 is 5.73 Å². The van der Waals surface area contributed by atoms with Gasteiger partial charge in [-0.2, -0.15) is 4.98 Å². The van der Waals surface area contributed by atoms with Crippen LogP contribution in [-0.2, 0) is 19.3 Å². The van der Waals surface area contributed by atoms with E-state index in [1.807, 2.05) is 5.38 Å². The molecule has 6 heteroatoms. The van der Waals surface area contributed by atoms with E-state index in [2.05, 4.69) is 22.0 Å². The number of hydrogen-bond donors (Lipinski definition) is 1. The van der Waals surface area contributed by atoms with Crippen molar-refractivity contribution in [3.8, 4) is 0 Å². The Kier molecular flexibility index (Phi) is 4.69. The molecule has 0 atom stereocenters.